The summed E-state index contributed by atoms with van der Waals surface area (Å²) < 4.78 is 40.9. The van der Waals surface area contributed by atoms with Crippen LogP contribution in [0, 0.1) is 5.41 Å². The molecule has 0 atom stereocenters. The normalized spacial score (nSPS) is 28.8. The van der Waals surface area contributed by atoms with E-state index in [1.54, 1.807) is 6.07 Å². The topological polar surface area (TPSA) is 29.5 Å². The lowest BCUT2D eigenvalue weighted by Gasteiger charge is -2.36. The molecule has 0 aliphatic heterocycles. The molecule has 0 heterocycles. The van der Waals surface area contributed by atoms with Crippen LogP contribution in [0.2, 0.25) is 0 Å². The monoisotopic (exact) mass is 298 g/mol. The molecule has 0 radical (unpaired) electrons. The zero-order chi connectivity index (χ0) is 15.3. The van der Waals surface area contributed by atoms with Crippen LogP contribution in [-0.2, 0) is 6.42 Å². The fourth-order valence-corrected chi connectivity index (χ4v) is 3.58. The van der Waals surface area contributed by atoms with Gasteiger partial charge in [-0.3, -0.25) is 0 Å². The Bertz CT molecular complexity index is 569. The van der Waals surface area contributed by atoms with Gasteiger partial charge in [0.15, 0.2) is 0 Å². The van der Waals surface area contributed by atoms with Gasteiger partial charge in [-0.15, -0.1) is 13.2 Å². The third-order valence-electron chi connectivity index (χ3n) is 4.72. The van der Waals surface area contributed by atoms with Gasteiger partial charge in [0.05, 0.1) is 6.10 Å². The predicted octanol–water partition coefficient (Wildman–Crippen LogP) is 4.08. The summed E-state index contributed by atoms with van der Waals surface area (Å²) >= 11 is 0. The highest BCUT2D eigenvalue weighted by Gasteiger charge is 2.43. The van der Waals surface area contributed by atoms with E-state index in [2.05, 4.69) is 11.3 Å². The van der Waals surface area contributed by atoms with Gasteiger partial charge < -0.3 is 9.84 Å². The Morgan fingerprint density at radius 3 is 2.52 bits per heavy atom. The molecular formula is C16H17F3O2. The minimum absolute atomic E-state index is 0.0988. The number of hydrogen-bond acceptors (Lipinski definition) is 2. The molecule has 114 valence electrons. The average Bonchev–Trinajstić information content (AvgIpc) is 2.66. The lowest BCUT2D eigenvalue weighted by Crippen LogP contribution is -2.29. The molecule has 21 heavy (non-hydrogen) atoms. The fourth-order valence-electron chi connectivity index (χ4n) is 3.58. The number of fused-ring (bicyclic) bond motifs is 1. The van der Waals surface area contributed by atoms with Gasteiger partial charge in [0.2, 0.25) is 0 Å². The number of aliphatic hydroxyl groups is 1. The third-order valence-corrected chi connectivity index (χ3v) is 4.72. The van der Waals surface area contributed by atoms with E-state index in [0.29, 0.717) is 0 Å². The summed E-state index contributed by atoms with van der Waals surface area (Å²) in [7, 11) is 0. The van der Waals surface area contributed by atoms with Gasteiger partial charge in [0, 0.05) is 0 Å². The largest absolute Gasteiger partial charge is 0.573 e. The highest BCUT2D eigenvalue weighted by atomic mass is 19.4. The first-order valence-electron chi connectivity index (χ1n) is 7.06. The zero-order valence-electron chi connectivity index (χ0n) is 11.5. The molecule has 1 aromatic rings. The molecule has 2 nitrogen and oxygen atoms in total. The molecule has 1 saturated carbocycles. The fraction of sp³-hybridized carbons (Fsp3) is 0.500. The maximum atomic E-state index is 12.3. The Morgan fingerprint density at radius 2 is 1.90 bits per heavy atom. The Hall–Kier alpha value is -1.49. The molecule has 2 aliphatic carbocycles. The maximum absolute atomic E-state index is 12.3. The number of halogens is 3. The van der Waals surface area contributed by atoms with Gasteiger partial charge in [-0.2, -0.15) is 0 Å². The summed E-state index contributed by atoms with van der Waals surface area (Å²) in [6.45, 7) is 4.12. The van der Waals surface area contributed by atoms with Crippen molar-refractivity contribution in [2.24, 2.45) is 5.41 Å². The molecule has 0 saturated heterocycles. The van der Waals surface area contributed by atoms with Gasteiger partial charge in [-0.05, 0) is 66.4 Å². The van der Waals surface area contributed by atoms with E-state index in [4.69, 9.17) is 0 Å². The molecule has 5 heteroatoms. The molecule has 0 unspecified atom stereocenters. The van der Waals surface area contributed by atoms with Crippen LogP contribution < -0.4 is 4.74 Å². The molecule has 0 aromatic heterocycles. The molecule has 1 fully saturated rings. The number of allylic oxidation sites excluding steroid dienone is 1. The lowest BCUT2D eigenvalue weighted by atomic mass is 9.69. The summed E-state index contributed by atoms with van der Waals surface area (Å²) in [6, 6.07) is 4.49. The van der Waals surface area contributed by atoms with E-state index in [0.717, 1.165) is 48.8 Å². The van der Waals surface area contributed by atoms with Crippen molar-refractivity contribution >= 4 is 5.57 Å². The van der Waals surface area contributed by atoms with Gasteiger partial charge in [0.25, 0.3) is 0 Å². The third kappa shape index (κ3) is 2.67. The summed E-state index contributed by atoms with van der Waals surface area (Å²) in [5, 5.41) is 9.65. The number of aliphatic hydroxyl groups excluding tert-OH is 1. The highest BCUT2D eigenvalue weighted by Crippen LogP contribution is 2.54. The van der Waals surface area contributed by atoms with Crippen molar-refractivity contribution in [3.05, 3.63) is 35.9 Å². The minimum Gasteiger partial charge on any atom is -0.406 e. The van der Waals surface area contributed by atoms with Gasteiger partial charge >= 0.3 is 6.36 Å². The first-order valence-corrected chi connectivity index (χ1v) is 7.06. The number of benzene rings is 1. The molecule has 1 spiro atoms. The van der Waals surface area contributed by atoms with E-state index < -0.39 is 6.36 Å². The number of hydrogen-bond donors (Lipinski definition) is 1. The van der Waals surface area contributed by atoms with Crippen molar-refractivity contribution < 1.29 is 23.0 Å². The minimum atomic E-state index is -4.68. The highest BCUT2D eigenvalue weighted by molar-refractivity contribution is 5.77. The van der Waals surface area contributed by atoms with E-state index in [-0.39, 0.29) is 17.3 Å². The summed E-state index contributed by atoms with van der Waals surface area (Å²) in [5.74, 6) is -0.199. The molecule has 2 aliphatic rings. The Balaban J connectivity index is 1.87. The zero-order valence-corrected chi connectivity index (χ0v) is 11.5. The number of rotatable bonds is 1. The van der Waals surface area contributed by atoms with Crippen LogP contribution in [0.1, 0.15) is 36.8 Å². The van der Waals surface area contributed by atoms with Gasteiger partial charge in [0.1, 0.15) is 5.75 Å². The Morgan fingerprint density at radius 1 is 1.24 bits per heavy atom. The van der Waals surface area contributed by atoms with Crippen LogP contribution in [0.4, 0.5) is 13.2 Å². The van der Waals surface area contributed by atoms with Crippen LogP contribution in [0.5, 0.6) is 5.75 Å². The second kappa shape index (κ2) is 4.77. The van der Waals surface area contributed by atoms with Crippen molar-refractivity contribution in [1.29, 1.82) is 0 Å². The van der Waals surface area contributed by atoms with E-state index in [1.807, 2.05) is 0 Å². The lowest BCUT2D eigenvalue weighted by molar-refractivity contribution is -0.274. The first kappa shape index (κ1) is 14.4. The number of alkyl halides is 3. The van der Waals surface area contributed by atoms with Crippen LogP contribution in [-0.4, -0.2) is 17.6 Å². The first-order chi connectivity index (χ1) is 9.79. The van der Waals surface area contributed by atoms with E-state index in [1.165, 1.54) is 12.1 Å². The van der Waals surface area contributed by atoms with Gasteiger partial charge in [-0.25, -0.2) is 0 Å². The van der Waals surface area contributed by atoms with Crippen molar-refractivity contribution in [3.63, 3.8) is 0 Å². The van der Waals surface area contributed by atoms with E-state index >= 15 is 0 Å². The van der Waals surface area contributed by atoms with Crippen molar-refractivity contribution in [2.75, 3.05) is 0 Å². The number of ether oxygens (including phenoxy) is 1. The average molecular weight is 298 g/mol. The smallest absolute Gasteiger partial charge is 0.406 e. The molecular weight excluding hydrogens is 281 g/mol. The molecule has 1 aromatic carbocycles. The van der Waals surface area contributed by atoms with Crippen molar-refractivity contribution in [1.82, 2.24) is 0 Å². The molecule has 0 amide bonds. The quantitative estimate of drug-likeness (QED) is 0.846. The Kier molecular flexibility index (Phi) is 3.28. The van der Waals surface area contributed by atoms with Crippen molar-refractivity contribution in [3.8, 4) is 5.75 Å². The second-order valence-electron chi connectivity index (χ2n) is 6.03. The molecule has 0 bridgehead atoms. The van der Waals surface area contributed by atoms with E-state index in [9.17, 15) is 18.3 Å². The van der Waals surface area contributed by atoms with Crippen molar-refractivity contribution in [2.45, 2.75) is 44.6 Å². The van der Waals surface area contributed by atoms with Crippen LogP contribution in [0.3, 0.4) is 0 Å². The predicted molar refractivity (Wildman–Crippen MR) is 72.8 cm³/mol. The molecule has 3 rings (SSSR count). The maximum Gasteiger partial charge on any atom is 0.573 e. The summed E-state index contributed by atoms with van der Waals surface area (Å²) in [4.78, 5) is 0. The SMILES string of the molecule is C=C1c2cc(OC(F)(F)F)ccc2CC12CCC(O)CC2. The summed E-state index contributed by atoms with van der Waals surface area (Å²) in [6.07, 6.45) is -1.05. The van der Waals surface area contributed by atoms with Crippen LogP contribution in [0.15, 0.2) is 24.8 Å². The second-order valence-corrected chi connectivity index (χ2v) is 6.03. The van der Waals surface area contributed by atoms with Gasteiger partial charge in [-0.1, -0.05) is 12.6 Å². The Labute approximate surface area is 121 Å². The van der Waals surface area contributed by atoms with Crippen LogP contribution in [0.25, 0.3) is 5.57 Å². The standard InChI is InChI=1S/C16H17F3O2/c1-10-14-8-13(21-16(17,18)19)3-2-11(14)9-15(10)6-4-12(20)5-7-15/h2-3,8,12,20H,1,4-7,9H2. The summed E-state index contributed by atoms with van der Waals surface area (Å²) in [5.41, 5.74) is 2.58. The van der Waals surface area contributed by atoms with Crippen LogP contribution >= 0.6 is 0 Å². The molecule has 1 N–H and O–H groups in total.